The van der Waals surface area contributed by atoms with Gasteiger partial charge in [-0.2, -0.15) is 0 Å². The molecule has 0 aliphatic rings. The Bertz CT molecular complexity index is 1110. The van der Waals surface area contributed by atoms with Crippen molar-refractivity contribution in [2.75, 3.05) is 6.61 Å². The van der Waals surface area contributed by atoms with Crippen LogP contribution < -0.4 is 5.32 Å². The van der Waals surface area contributed by atoms with Crippen LogP contribution in [0.1, 0.15) is 335 Å². The van der Waals surface area contributed by atoms with Gasteiger partial charge in [0.25, 0.3) is 0 Å². The predicted octanol–water partition coefficient (Wildman–Crippen LogP) is 18.8. The van der Waals surface area contributed by atoms with E-state index in [0.717, 1.165) is 51.4 Å². The van der Waals surface area contributed by atoms with Crippen molar-refractivity contribution in [3.05, 3.63) is 36.5 Å². The van der Waals surface area contributed by atoms with E-state index in [4.69, 9.17) is 0 Å². The summed E-state index contributed by atoms with van der Waals surface area (Å²) in [6.45, 7) is 4.08. The van der Waals surface area contributed by atoms with Gasteiger partial charge in [0, 0.05) is 0 Å². The minimum Gasteiger partial charge on any atom is -0.394 e. The van der Waals surface area contributed by atoms with E-state index in [1.807, 2.05) is 0 Å². The van der Waals surface area contributed by atoms with Crippen LogP contribution in [0.2, 0.25) is 0 Å². The van der Waals surface area contributed by atoms with Gasteiger partial charge in [0.05, 0.1) is 18.8 Å². The van der Waals surface area contributed by atoms with Crippen LogP contribution >= 0.6 is 0 Å². The molecule has 0 aliphatic carbocycles. The molecule has 4 atom stereocenters. The molecule has 5 N–H and O–H groups in total. The molecule has 0 aromatic heterocycles. The molecule has 1 amide bonds. The summed E-state index contributed by atoms with van der Waals surface area (Å²) >= 11 is 0. The highest BCUT2D eigenvalue weighted by atomic mass is 16.3. The largest absolute Gasteiger partial charge is 0.394 e. The van der Waals surface area contributed by atoms with Gasteiger partial charge in [-0.25, -0.2) is 0 Å². The number of rotatable bonds is 58. The highest BCUT2D eigenvalue weighted by molar-refractivity contribution is 5.80. The van der Waals surface area contributed by atoms with E-state index >= 15 is 0 Å². The molecule has 4 unspecified atom stereocenters. The maximum Gasteiger partial charge on any atom is 0.249 e. The molecule has 6 heteroatoms. The Morgan fingerprint density at radius 1 is 0.343 bits per heavy atom. The molecule has 0 bridgehead atoms. The lowest BCUT2D eigenvalue weighted by Gasteiger charge is -2.27. The molecule has 0 heterocycles. The van der Waals surface area contributed by atoms with Crippen LogP contribution in [0, 0.1) is 0 Å². The lowest BCUT2D eigenvalue weighted by atomic mass is 10.00. The van der Waals surface area contributed by atoms with Gasteiger partial charge < -0.3 is 25.7 Å². The zero-order valence-electron chi connectivity index (χ0n) is 47.0. The third-order valence-corrected chi connectivity index (χ3v) is 14.8. The van der Waals surface area contributed by atoms with Crippen molar-refractivity contribution in [1.29, 1.82) is 0 Å². The summed E-state index contributed by atoms with van der Waals surface area (Å²) in [6, 6.07) is -1.01. The summed E-state index contributed by atoms with van der Waals surface area (Å²) in [5, 5.41) is 44.0. The summed E-state index contributed by atoms with van der Waals surface area (Å²) in [7, 11) is 0. The number of allylic oxidation sites excluding steroid dienone is 6. The van der Waals surface area contributed by atoms with E-state index < -0.39 is 36.9 Å². The molecule has 0 rings (SSSR count). The number of hydrogen-bond acceptors (Lipinski definition) is 5. The molecular formula is C64H123NO5. The lowest BCUT2D eigenvalue weighted by molar-refractivity contribution is -0.132. The van der Waals surface area contributed by atoms with Gasteiger partial charge in [-0.05, 0) is 64.2 Å². The molecule has 0 aliphatic heterocycles. The van der Waals surface area contributed by atoms with Crippen molar-refractivity contribution in [1.82, 2.24) is 5.32 Å². The number of aliphatic hydroxyl groups is 4. The molecule has 0 spiro atoms. The minimum absolute atomic E-state index is 0.362. The lowest BCUT2D eigenvalue weighted by Crippen LogP contribution is -2.53. The van der Waals surface area contributed by atoms with E-state index in [-0.39, 0.29) is 0 Å². The molecule has 70 heavy (non-hydrogen) atoms. The highest BCUT2D eigenvalue weighted by Crippen LogP contribution is 2.18. The topological polar surface area (TPSA) is 110 Å². The van der Waals surface area contributed by atoms with Gasteiger partial charge in [0.15, 0.2) is 0 Å². The highest BCUT2D eigenvalue weighted by Gasteiger charge is 2.28. The first-order chi connectivity index (χ1) is 34.5. The van der Waals surface area contributed by atoms with Crippen molar-refractivity contribution < 1.29 is 25.2 Å². The van der Waals surface area contributed by atoms with Crippen molar-refractivity contribution in [2.45, 2.75) is 359 Å². The van der Waals surface area contributed by atoms with Crippen LogP contribution in [0.25, 0.3) is 0 Å². The van der Waals surface area contributed by atoms with Crippen molar-refractivity contribution in [2.24, 2.45) is 0 Å². The fraction of sp³-hybridized carbons (Fsp3) is 0.891. The van der Waals surface area contributed by atoms with Crippen LogP contribution in [0.3, 0.4) is 0 Å². The molecule has 6 nitrogen and oxygen atoms in total. The molecule has 0 saturated heterocycles. The molecular weight excluding hydrogens is 863 g/mol. The monoisotopic (exact) mass is 986 g/mol. The number of nitrogens with one attached hydrogen (secondary N) is 1. The van der Waals surface area contributed by atoms with Crippen LogP contribution in [0.5, 0.6) is 0 Å². The zero-order chi connectivity index (χ0) is 50.9. The first kappa shape index (κ1) is 68.5. The Kier molecular flexibility index (Phi) is 57.2. The molecule has 0 radical (unpaired) electrons. The number of carbonyl (C=O) groups is 1. The molecule has 0 aromatic rings. The summed E-state index contributed by atoms with van der Waals surface area (Å²) in [5.74, 6) is -0.594. The molecule has 0 fully saturated rings. The van der Waals surface area contributed by atoms with Crippen molar-refractivity contribution in [3.63, 3.8) is 0 Å². The SMILES string of the molecule is CCCCCCCCCCCC/C=C/CC/C=C/CC/C=C/CCCC(O)C(O)C(CO)NC(=O)C(O)CCCCCCCCCCCCCCCCCCCCCCCCCCCCCCCCC. The third-order valence-electron chi connectivity index (χ3n) is 14.8. The van der Waals surface area contributed by atoms with Gasteiger partial charge in [-0.3, -0.25) is 4.79 Å². The van der Waals surface area contributed by atoms with Gasteiger partial charge in [0.2, 0.25) is 5.91 Å². The van der Waals surface area contributed by atoms with Crippen molar-refractivity contribution >= 4 is 5.91 Å². The second-order valence-corrected chi connectivity index (χ2v) is 21.7. The Hall–Kier alpha value is -1.47. The van der Waals surface area contributed by atoms with Gasteiger partial charge in [0.1, 0.15) is 12.2 Å². The number of hydrogen-bond donors (Lipinski definition) is 5. The van der Waals surface area contributed by atoms with Gasteiger partial charge >= 0.3 is 0 Å². The number of unbranched alkanes of at least 4 members (excludes halogenated alkanes) is 43. The summed E-state index contributed by atoms with van der Waals surface area (Å²) in [4.78, 5) is 12.6. The Morgan fingerprint density at radius 2 is 0.600 bits per heavy atom. The first-order valence-corrected chi connectivity index (χ1v) is 31.4. The van der Waals surface area contributed by atoms with Crippen molar-refractivity contribution in [3.8, 4) is 0 Å². The van der Waals surface area contributed by atoms with E-state index in [0.29, 0.717) is 19.3 Å². The smallest absolute Gasteiger partial charge is 0.249 e. The number of amides is 1. The molecule has 0 aromatic carbocycles. The quantitative estimate of drug-likeness (QED) is 0.0308. The summed E-state index contributed by atoms with van der Waals surface area (Å²) in [6.07, 6.45) is 73.9. The van der Waals surface area contributed by atoms with E-state index in [9.17, 15) is 25.2 Å². The van der Waals surface area contributed by atoms with E-state index in [1.54, 1.807) is 0 Å². The third kappa shape index (κ3) is 51.4. The first-order valence-electron chi connectivity index (χ1n) is 31.4. The summed E-state index contributed by atoms with van der Waals surface area (Å²) < 4.78 is 0. The van der Waals surface area contributed by atoms with Gasteiger partial charge in [-0.15, -0.1) is 0 Å². The van der Waals surface area contributed by atoms with E-state index in [2.05, 4.69) is 55.6 Å². The number of aliphatic hydroxyl groups excluding tert-OH is 4. The van der Waals surface area contributed by atoms with Gasteiger partial charge in [-0.1, -0.05) is 307 Å². The average molecular weight is 987 g/mol. The maximum absolute atomic E-state index is 12.6. The predicted molar refractivity (Wildman–Crippen MR) is 307 cm³/mol. The second kappa shape index (κ2) is 58.4. The average Bonchev–Trinajstić information content (AvgIpc) is 3.36. The standard InChI is InChI=1S/C64H123NO5/c1-3-5-7-9-11-13-15-17-19-21-23-25-27-28-29-30-31-32-33-34-36-38-40-42-44-46-48-50-52-54-56-58-62(68)64(70)65-60(59-66)63(69)61(67)57-55-53-51-49-47-45-43-41-39-37-35-26-24-22-20-18-16-14-12-10-8-6-4-2/h26,35,41,43,49,51,60-63,66-69H,3-25,27-34,36-40,42,44-48,50,52-59H2,1-2H3,(H,65,70)/b35-26+,43-41+,51-49+. The Balaban J connectivity index is 3.62. The maximum atomic E-state index is 12.6. The number of carbonyl (C=O) groups excluding carboxylic acids is 1. The fourth-order valence-electron chi connectivity index (χ4n) is 9.91. The molecule has 0 saturated carbocycles. The van der Waals surface area contributed by atoms with Crippen LogP contribution in [-0.2, 0) is 4.79 Å². The second-order valence-electron chi connectivity index (χ2n) is 21.7. The minimum atomic E-state index is -1.29. The normalized spacial score (nSPS) is 13.9. The van der Waals surface area contributed by atoms with E-state index in [1.165, 1.54) is 250 Å². The summed E-state index contributed by atoms with van der Waals surface area (Å²) in [5.41, 5.74) is 0. The van der Waals surface area contributed by atoms with Crippen LogP contribution in [0.15, 0.2) is 36.5 Å². The zero-order valence-corrected chi connectivity index (χ0v) is 47.0. The Labute approximate surface area is 437 Å². The van der Waals surface area contributed by atoms with Crippen LogP contribution in [-0.4, -0.2) is 57.3 Å². The Morgan fingerprint density at radius 3 is 0.900 bits per heavy atom. The van der Waals surface area contributed by atoms with Crippen LogP contribution in [0.4, 0.5) is 0 Å². The fourth-order valence-corrected chi connectivity index (χ4v) is 9.91. The molecule has 414 valence electrons.